The molecule has 0 fully saturated rings. The van der Waals surface area contributed by atoms with Gasteiger partial charge in [0.25, 0.3) is 0 Å². The molecular weight excluding hydrogens is 234 g/mol. The molecule has 0 saturated heterocycles. The van der Waals surface area contributed by atoms with Crippen LogP contribution in [0, 0.1) is 0 Å². The molecule has 94 valence electrons. The molecule has 0 heterocycles. The van der Waals surface area contributed by atoms with E-state index >= 15 is 0 Å². The van der Waals surface area contributed by atoms with E-state index in [9.17, 15) is 4.79 Å². The van der Waals surface area contributed by atoms with Crippen molar-refractivity contribution < 1.29 is 14.3 Å². The average molecular weight is 253 g/mol. The van der Waals surface area contributed by atoms with Gasteiger partial charge in [-0.15, -0.1) is 0 Å². The van der Waals surface area contributed by atoms with Crippen LogP contribution in [0.25, 0.3) is 0 Å². The molecular formula is C12H19NO3Si. The number of carbonyl (C=O) groups is 1. The zero-order valence-electron chi connectivity index (χ0n) is 10.4. The Morgan fingerprint density at radius 1 is 1.47 bits per heavy atom. The van der Waals surface area contributed by atoms with Gasteiger partial charge >= 0.3 is 5.97 Å². The first kappa shape index (κ1) is 13.7. The van der Waals surface area contributed by atoms with Gasteiger partial charge in [-0.2, -0.15) is 0 Å². The Kier molecular flexibility index (Phi) is 4.31. The molecule has 0 saturated carbocycles. The Morgan fingerprint density at radius 2 is 2.12 bits per heavy atom. The maximum absolute atomic E-state index is 10.7. The summed E-state index contributed by atoms with van der Waals surface area (Å²) in [7, 11) is -1.63. The van der Waals surface area contributed by atoms with Crippen molar-refractivity contribution in [1.82, 2.24) is 0 Å². The van der Waals surface area contributed by atoms with Crippen LogP contribution in [0.15, 0.2) is 24.3 Å². The monoisotopic (exact) mass is 253 g/mol. The lowest BCUT2D eigenvalue weighted by Crippen LogP contribution is -2.32. The summed E-state index contributed by atoms with van der Waals surface area (Å²) in [5.41, 5.74) is 6.38. The summed E-state index contributed by atoms with van der Waals surface area (Å²) in [5.74, 6) is -0.194. The molecule has 1 rings (SSSR count). The number of hydrogen-bond donors (Lipinski definition) is 2. The second kappa shape index (κ2) is 5.33. The van der Waals surface area contributed by atoms with E-state index in [0.717, 1.165) is 11.3 Å². The van der Waals surface area contributed by atoms with E-state index in [-0.39, 0.29) is 0 Å². The second-order valence-electron chi connectivity index (χ2n) is 5.01. The van der Waals surface area contributed by atoms with Gasteiger partial charge in [0.1, 0.15) is 11.8 Å². The highest BCUT2D eigenvalue weighted by atomic mass is 28.4. The van der Waals surface area contributed by atoms with Crippen LogP contribution in [0.2, 0.25) is 19.6 Å². The van der Waals surface area contributed by atoms with E-state index in [4.69, 9.17) is 15.3 Å². The van der Waals surface area contributed by atoms with Crippen LogP contribution in [0.3, 0.4) is 0 Å². The molecule has 0 aliphatic heterocycles. The van der Waals surface area contributed by atoms with Crippen LogP contribution in [-0.2, 0) is 11.2 Å². The molecule has 3 N–H and O–H groups in total. The van der Waals surface area contributed by atoms with Gasteiger partial charge in [-0.3, -0.25) is 4.79 Å². The van der Waals surface area contributed by atoms with E-state index in [1.807, 2.05) is 24.3 Å². The van der Waals surface area contributed by atoms with Crippen molar-refractivity contribution in [1.29, 1.82) is 0 Å². The standard InChI is InChI=1S/C12H19NO3Si/c1-17(2,3)16-10-6-4-5-9(7-10)8-11(13)12(14)15/h4-7,11H,8,13H2,1-3H3,(H,14,15). The van der Waals surface area contributed by atoms with Crippen molar-refractivity contribution in [3.8, 4) is 5.75 Å². The summed E-state index contributed by atoms with van der Waals surface area (Å²) < 4.78 is 5.84. The fourth-order valence-corrected chi connectivity index (χ4v) is 2.26. The number of nitrogens with two attached hydrogens (primary N) is 1. The van der Waals surface area contributed by atoms with E-state index in [2.05, 4.69) is 19.6 Å². The highest BCUT2D eigenvalue weighted by Gasteiger charge is 2.17. The summed E-state index contributed by atoms with van der Waals surface area (Å²) in [4.78, 5) is 10.7. The first-order valence-electron chi connectivity index (χ1n) is 5.54. The van der Waals surface area contributed by atoms with Gasteiger partial charge in [0.05, 0.1) is 0 Å². The van der Waals surface area contributed by atoms with Crippen LogP contribution < -0.4 is 10.2 Å². The minimum absolute atomic E-state index is 0.318. The van der Waals surface area contributed by atoms with E-state index < -0.39 is 20.3 Å². The average Bonchev–Trinajstić information content (AvgIpc) is 2.15. The summed E-state index contributed by atoms with van der Waals surface area (Å²) in [6.45, 7) is 6.30. The topological polar surface area (TPSA) is 72.5 Å². The molecule has 0 aromatic heterocycles. The Labute approximate surface area is 103 Å². The molecule has 4 nitrogen and oxygen atoms in total. The molecule has 0 radical (unpaired) electrons. The SMILES string of the molecule is C[Si](C)(C)Oc1cccc(CC(N)C(=O)O)c1. The first-order chi connectivity index (χ1) is 7.78. The molecule has 5 heteroatoms. The highest BCUT2D eigenvalue weighted by Crippen LogP contribution is 2.18. The summed E-state index contributed by atoms with van der Waals surface area (Å²) in [6.07, 6.45) is 0.318. The van der Waals surface area contributed by atoms with Crippen molar-refractivity contribution in [2.24, 2.45) is 5.73 Å². The molecule has 1 aromatic rings. The smallest absolute Gasteiger partial charge is 0.320 e. The Hall–Kier alpha value is -1.33. The zero-order chi connectivity index (χ0) is 13.1. The molecule has 1 aromatic carbocycles. The maximum Gasteiger partial charge on any atom is 0.320 e. The summed E-state index contributed by atoms with van der Waals surface area (Å²) in [5, 5.41) is 8.75. The van der Waals surface area contributed by atoms with Gasteiger partial charge in [0, 0.05) is 0 Å². The normalized spacial score (nSPS) is 13.2. The number of carboxylic acid groups (broad SMARTS) is 1. The molecule has 0 bridgehead atoms. The van der Waals surface area contributed by atoms with Gasteiger partial charge in [-0.05, 0) is 43.8 Å². The first-order valence-corrected chi connectivity index (χ1v) is 8.95. The quantitative estimate of drug-likeness (QED) is 0.786. The fraction of sp³-hybridized carbons (Fsp3) is 0.417. The van der Waals surface area contributed by atoms with Gasteiger partial charge in [0.2, 0.25) is 8.32 Å². The van der Waals surface area contributed by atoms with E-state index in [1.165, 1.54) is 0 Å². The van der Waals surface area contributed by atoms with Crippen LogP contribution in [0.4, 0.5) is 0 Å². The maximum atomic E-state index is 10.7. The molecule has 17 heavy (non-hydrogen) atoms. The molecule has 0 aliphatic rings. The van der Waals surface area contributed by atoms with Crippen LogP contribution >= 0.6 is 0 Å². The lowest BCUT2D eigenvalue weighted by atomic mass is 10.1. The summed E-state index contributed by atoms with van der Waals surface area (Å²) in [6, 6.07) is 6.60. The van der Waals surface area contributed by atoms with Crippen molar-refractivity contribution in [3.63, 3.8) is 0 Å². The van der Waals surface area contributed by atoms with Crippen molar-refractivity contribution in [2.75, 3.05) is 0 Å². The summed E-state index contributed by atoms with van der Waals surface area (Å²) >= 11 is 0. The fourth-order valence-electron chi connectivity index (χ4n) is 1.43. The predicted molar refractivity (Wildman–Crippen MR) is 69.7 cm³/mol. The van der Waals surface area contributed by atoms with Crippen molar-refractivity contribution in [2.45, 2.75) is 32.1 Å². The second-order valence-corrected chi connectivity index (χ2v) is 9.44. The molecule has 0 amide bonds. The Balaban J connectivity index is 2.76. The Bertz CT molecular complexity index is 401. The van der Waals surface area contributed by atoms with Crippen LogP contribution in [-0.4, -0.2) is 25.4 Å². The molecule has 1 unspecified atom stereocenters. The minimum Gasteiger partial charge on any atom is -0.544 e. The minimum atomic E-state index is -1.63. The van der Waals surface area contributed by atoms with Gasteiger partial charge in [0.15, 0.2) is 0 Å². The van der Waals surface area contributed by atoms with Crippen LogP contribution in [0.1, 0.15) is 5.56 Å². The largest absolute Gasteiger partial charge is 0.544 e. The molecule has 0 spiro atoms. The third kappa shape index (κ3) is 5.01. The third-order valence-electron chi connectivity index (χ3n) is 2.10. The Morgan fingerprint density at radius 3 is 2.65 bits per heavy atom. The molecule has 0 aliphatic carbocycles. The van der Waals surface area contributed by atoms with Gasteiger partial charge in [-0.25, -0.2) is 0 Å². The van der Waals surface area contributed by atoms with E-state index in [0.29, 0.717) is 6.42 Å². The number of benzene rings is 1. The number of carboxylic acids is 1. The lowest BCUT2D eigenvalue weighted by Gasteiger charge is -2.19. The highest BCUT2D eigenvalue weighted by molar-refractivity contribution is 6.70. The number of hydrogen-bond acceptors (Lipinski definition) is 3. The van der Waals surface area contributed by atoms with Gasteiger partial charge in [-0.1, -0.05) is 12.1 Å². The zero-order valence-corrected chi connectivity index (χ0v) is 11.4. The lowest BCUT2D eigenvalue weighted by molar-refractivity contribution is -0.138. The van der Waals surface area contributed by atoms with Crippen LogP contribution in [0.5, 0.6) is 5.75 Å². The predicted octanol–water partition coefficient (Wildman–Crippen LogP) is 1.85. The van der Waals surface area contributed by atoms with Gasteiger partial charge < -0.3 is 15.3 Å². The van der Waals surface area contributed by atoms with E-state index in [1.54, 1.807) is 0 Å². The van der Waals surface area contributed by atoms with Crippen molar-refractivity contribution >= 4 is 14.3 Å². The van der Waals surface area contributed by atoms with Crippen molar-refractivity contribution in [3.05, 3.63) is 29.8 Å². The number of rotatable bonds is 5. The number of aliphatic carboxylic acids is 1. The third-order valence-corrected chi connectivity index (χ3v) is 2.94. The molecule has 1 atom stereocenters.